The minimum absolute atomic E-state index is 0.123. The third kappa shape index (κ3) is 5.68. The third-order valence-electron chi connectivity index (χ3n) is 2.18. The molecule has 0 amide bonds. The van der Waals surface area contributed by atoms with Crippen LogP contribution in [-0.2, 0) is 4.79 Å². The summed E-state index contributed by atoms with van der Waals surface area (Å²) >= 11 is 1.43. The molecule has 0 aliphatic rings. The topological polar surface area (TPSA) is 61.1 Å². The molecule has 0 fully saturated rings. The Bertz CT molecular complexity index is 256. The van der Waals surface area contributed by atoms with Gasteiger partial charge in [-0.3, -0.25) is 4.79 Å². The summed E-state index contributed by atoms with van der Waals surface area (Å²) in [5.41, 5.74) is -0.354. The maximum absolute atomic E-state index is 10.9. The molecule has 0 radical (unpaired) electrons. The first-order chi connectivity index (χ1) is 6.80. The summed E-state index contributed by atoms with van der Waals surface area (Å²) in [6.07, 6.45) is 0.727. The molecule has 86 valence electrons. The van der Waals surface area contributed by atoms with Crippen molar-refractivity contribution < 1.29 is 9.90 Å². The molecule has 15 heavy (non-hydrogen) atoms. The highest BCUT2D eigenvalue weighted by molar-refractivity contribution is 8.00. The zero-order valence-electron chi connectivity index (χ0n) is 9.78. The van der Waals surface area contributed by atoms with Crippen molar-refractivity contribution in [2.75, 3.05) is 5.75 Å². The predicted octanol–water partition coefficient (Wildman–Crippen LogP) is 2.77. The largest absolute Gasteiger partial charge is 0.480 e. The summed E-state index contributed by atoms with van der Waals surface area (Å²) in [7, 11) is 0. The Kier molecular flexibility index (Phi) is 5.74. The van der Waals surface area contributed by atoms with E-state index in [2.05, 4.69) is 6.07 Å². The number of carbonyl (C=O) groups is 1. The number of nitriles is 1. The van der Waals surface area contributed by atoms with Gasteiger partial charge in [-0.2, -0.15) is 5.26 Å². The molecule has 0 saturated heterocycles. The minimum Gasteiger partial charge on any atom is -0.480 e. The lowest BCUT2D eigenvalue weighted by Gasteiger charge is -2.18. The van der Waals surface area contributed by atoms with Crippen LogP contribution in [0.3, 0.4) is 0 Å². The molecule has 0 aliphatic heterocycles. The number of nitrogens with zero attached hydrogens (tertiary/aromatic N) is 1. The standard InChI is InChI=1S/C11H19NO2S/c1-8(2)9(10(13)14)15-6-5-11(3,4)7-12/h8-9H,5-6H2,1-4H3,(H,13,14). The normalized spacial score (nSPS) is 13.6. The number of carboxylic acids is 1. The summed E-state index contributed by atoms with van der Waals surface area (Å²) in [6, 6.07) is 2.21. The van der Waals surface area contributed by atoms with E-state index in [0.29, 0.717) is 0 Å². The Morgan fingerprint density at radius 3 is 2.40 bits per heavy atom. The fraction of sp³-hybridized carbons (Fsp3) is 0.818. The van der Waals surface area contributed by atoms with E-state index in [1.807, 2.05) is 27.7 Å². The first kappa shape index (κ1) is 14.3. The van der Waals surface area contributed by atoms with Crippen molar-refractivity contribution in [2.45, 2.75) is 39.4 Å². The van der Waals surface area contributed by atoms with Gasteiger partial charge < -0.3 is 5.11 Å². The van der Waals surface area contributed by atoms with E-state index in [1.165, 1.54) is 11.8 Å². The summed E-state index contributed by atoms with van der Waals surface area (Å²) in [4.78, 5) is 10.9. The molecule has 1 unspecified atom stereocenters. The SMILES string of the molecule is CC(C)C(SCCC(C)(C)C#N)C(=O)O. The quantitative estimate of drug-likeness (QED) is 0.760. The van der Waals surface area contributed by atoms with E-state index in [1.54, 1.807) is 0 Å². The molecule has 3 nitrogen and oxygen atoms in total. The highest BCUT2D eigenvalue weighted by Crippen LogP contribution is 2.26. The van der Waals surface area contributed by atoms with Gasteiger partial charge in [0.2, 0.25) is 0 Å². The van der Waals surface area contributed by atoms with Gasteiger partial charge in [-0.25, -0.2) is 0 Å². The molecule has 0 aromatic rings. The molecule has 0 aromatic heterocycles. The van der Waals surface area contributed by atoms with Gasteiger partial charge >= 0.3 is 5.97 Å². The highest BCUT2D eigenvalue weighted by atomic mass is 32.2. The van der Waals surface area contributed by atoms with Crippen molar-refractivity contribution in [1.29, 1.82) is 5.26 Å². The molecule has 4 heteroatoms. The second kappa shape index (κ2) is 6.02. The van der Waals surface area contributed by atoms with Crippen LogP contribution in [-0.4, -0.2) is 22.1 Å². The maximum atomic E-state index is 10.9. The monoisotopic (exact) mass is 229 g/mol. The van der Waals surface area contributed by atoms with Gasteiger partial charge in [0.25, 0.3) is 0 Å². The number of hydrogen-bond donors (Lipinski definition) is 1. The van der Waals surface area contributed by atoms with Crippen LogP contribution in [0.15, 0.2) is 0 Å². The summed E-state index contributed by atoms with van der Waals surface area (Å²) in [5, 5.41) is 17.4. The minimum atomic E-state index is -0.759. The maximum Gasteiger partial charge on any atom is 0.316 e. The van der Waals surface area contributed by atoms with E-state index < -0.39 is 5.97 Å². The molecular weight excluding hydrogens is 210 g/mol. The van der Waals surface area contributed by atoms with Crippen molar-refractivity contribution in [1.82, 2.24) is 0 Å². The molecular formula is C11H19NO2S. The summed E-state index contributed by atoms with van der Waals surface area (Å²) in [5.74, 6) is 0.0814. The Balaban J connectivity index is 4.04. The van der Waals surface area contributed by atoms with Crippen molar-refractivity contribution >= 4 is 17.7 Å². The first-order valence-electron chi connectivity index (χ1n) is 5.06. The molecule has 0 aliphatic carbocycles. The van der Waals surface area contributed by atoms with Crippen LogP contribution in [0.4, 0.5) is 0 Å². The Labute approximate surface area is 95.9 Å². The molecule has 0 rings (SSSR count). The molecule has 0 saturated carbocycles. The average Bonchev–Trinajstić information content (AvgIpc) is 2.11. The number of carboxylic acid groups (broad SMARTS) is 1. The summed E-state index contributed by atoms with van der Waals surface area (Å²) < 4.78 is 0. The van der Waals surface area contributed by atoms with Crippen LogP contribution >= 0.6 is 11.8 Å². The Hall–Kier alpha value is -0.690. The van der Waals surface area contributed by atoms with Gasteiger partial charge in [-0.05, 0) is 31.9 Å². The fourth-order valence-electron chi connectivity index (χ4n) is 1.05. The van der Waals surface area contributed by atoms with Crippen molar-refractivity contribution in [3.05, 3.63) is 0 Å². The lowest BCUT2D eigenvalue weighted by molar-refractivity contribution is -0.137. The lowest BCUT2D eigenvalue weighted by Crippen LogP contribution is -2.23. The lowest BCUT2D eigenvalue weighted by atomic mass is 9.93. The number of aliphatic carboxylic acids is 1. The van der Waals surface area contributed by atoms with E-state index >= 15 is 0 Å². The fourth-order valence-corrected chi connectivity index (χ4v) is 2.46. The highest BCUT2D eigenvalue weighted by Gasteiger charge is 2.23. The van der Waals surface area contributed by atoms with Gasteiger partial charge in [0.15, 0.2) is 0 Å². The second-order valence-corrected chi connectivity index (χ2v) is 5.87. The second-order valence-electron chi connectivity index (χ2n) is 4.62. The average molecular weight is 229 g/mol. The Morgan fingerprint density at radius 2 is 2.07 bits per heavy atom. The number of rotatable bonds is 6. The molecule has 0 aromatic carbocycles. The molecule has 0 bridgehead atoms. The van der Waals surface area contributed by atoms with Crippen LogP contribution in [0.25, 0.3) is 0 Å². The van der Waals surface area contributed by atoms with Crippen molar-refractivity contribution in [3.63, 3.8) is 0 Å². The molecule has 0 heterocycles. The van der Waals surface area contributed by atoms with Gasteiger partial charge in [0.1, 0.15) is 5.25 Å². The molecule has 1 N–H and O–H groups in total. The van der Waals surface area contributed by atoms with E-state index in [0.717, 1.165) is 12.2 Å². The smallest absolute Gasteiger partial charge is 0.316 e. The summed E-state index contributed by atoms with van der Waals surface area (Å²) in [6.45, 7) is 7.56. The van der Waals surface area contributed by atoms with E-state index in [9.17, 15) is 4.79 Å². The number of hydrogen-bond acceptors (Lipinski definition) is 3. The molecule has 0 spiro atoms. The predicted molar refractivity (Wildman–Crippen MR) is 62.7 cm³/mol. The van der Waals surface area contributed by atoms with E-state index in [-0.39, 0.29) is 16.6 Å². The zero-order chi connectivity index (χ0) is 12.1. The van der Waals surface area contributed by atoms with Gasteiger partial charge in [-0.1, -0.05) is 13.8 Å². The van der Waals surface area contributed by atoms with Crippen LogP contribution in [0.2, 0.25) is 0 Å². The third-order valence-corrected chi connectivity index (χ3v) is 3.72. The Morgan fingerprint density at radius 1 is 1.53 bits per heavy atom. The zero-order valence-corrected chi connectivity index (χ0v) is 10.6. The number of thioether (sulfide) groups is 1. The first-order valence-corrected chi connectivity index (χ1v) is 6.10. The van der Waals surface area contributed by atoms with Gasteiger partial charge in [0, 0.05) is 0 Å². The van der Waals surface area contributed by atoms with Crippen LogP contribution < -0.4 is 0 Å². The van der Waals surface area contributed by atoms with Crippen LogP contribution in [0.1, 0.15) is 34.1 Å². The van der Waals surface area contributed by atoms with Crippen molar-refractivity contribution in [2.24, 2.45) is 11.3 Å². The van der Waals surface area contributed by atoms with Crippen LogP contribution in [0, 0.1) is 22.7 Å². The molecule has 1 atom stereocenters. The van der Waals surface area contributed by atoms with Gasteiger partial charge in [-0.15, -0.1) is 11.8 Å². The van der Waals surface area contributed by atoms with Crippen LogP contribution in [0.5, 0.6) is 0 Å². The van der Waals surface area contributed by atoms with Gasteiger partial charge in [0.05, 0.1) is 11.5 Å². The van der Waals surface area contributed by atoms with Crippen molar-refractivity contribution in [3.8, 4) is 6.07 Å². The van der Waals surface area contributed by atoms with E-state index in [4.69, 9.17) is 10.4 Å².